The van der Waals surface area contributed by atoms with E-state index in [1.54, 1.807) is 6.21 Å². The van der Waals surface area contributed by atoms with Gasteiger partial charge in [-0.1, -0.05) is 43.7 Å². The summed E-state index contributed by atoms with van der Waals surface area (Å²) >= 11 is 0. The van der Waals surface area contributed by atoms with Crippen LogP contribution in [0.25, 0.3) is 0 Å². The first-order valence-corrected chi connectivity index (χ1v) is 5.44. The molecule has 0 heterocycles. The summed E-state index contributed by atoms with van der Waals surface area (Å²) in [5, 5.41) is 0. The Morgan fingerprint density at radius 3 is 2.69 bits per heavy atom. The number of benzene rings is 1. The minimum atomic E-state index is -0.379. The Kier molecular flexibility index (Phi) is 5.26. The maximum Gasteiger partial charge on any atom is 0.330 e. The van der Waals surface area contributed by atoms with Crippen molar-refractivity contribution in [1.29, 1.82) is 0 Å². The second-order valence-corrected chi connectivity index (χ2v) is 3.52. The zero-order valence-corrected chi connectivity index (χ0v) is 9.72. The number of methoxy groups -OCH3 is 1. The predicted molar refractivity (Wildman–Crippen MR) is 64.7 cm³/mol. The number of hydrogen-bond acceptors (Lipinski definition) is 3. The minimum absolute atomic E-state index is 0.269. The van der Waals surface area contributed by atoms with Gasteiger partial charge in [-0.15, -0.1) is 0 Å². The molecule has 3 heteroatoms. The molecule has 3 nitrogen and oxygen atoms in total. The molecule has 0 saturated carbocycles. The van der Waals surface area contributed by atoms with Gasteiger partial charge in [-0.3, -0.25) is 4.99 Å². The fourth-order valence-corrected chi connectivity index (χ4v) is 1.38. The van der Waals surface area contributed by atoms with Gasteiger partial charge in [0.15, 0.2) is 0 Å². The highest BCUT2D eigenvalue weighted by atomic mass is 16.5. The molecule has 0 aliphatic heterocycles. The molecule has 0 bridgehead atoms. The molecular formula is C13H17NO2. The molecule has 1 rings (SSSR count). The van der Waals surface area contributed by atoms with E-state index in [4.69, 9.17) is 4.74 Å². The lowest BCUT2D eigenvalue weighted by molar-refractivity contribution is -0.142. The molecule has 1 unspecified atom stereocenters. The van der Waals surface area contributed by atoms with Crippen LogP contribution in [-0.4, -0.2) is 25.3 Å². The number of aliphatic imine (C=N–C) groups is 1. The van der Waals surface area contributed by atoms with E-state index in [9.17, 15) is 4.79 Å². The van der Waals surface area contributed by atoms with Gasteiger partial charge >= 0.3 is 5.97 Å². The van der Waals surface area contributed by atoms with Crippen LogP contribution in [0.2, 0.25) is 0 Å². The number of rotatable bonds is 5. The summed E-state index contributed by atoms with van der Waals surface area (Å²) in [6.07, 6.45) is 3.35. The summed E-state index contributed by atoms with van der Waals surface area (Å²) in [4.78, 5) is 15.6. The van der Waals surface area contributed by atoms with Crippen LogP contribution in [0.3, 0.4) is 0 Å². The number of hydrogen-bond donors (Lipinski definition) is 0. The van der Waals surface area contributed by atoms with Crippen LogP contribution in [0.1, 0.15) is 25.3 Å². The van der Waals surface area contributed by atoms with Crippen LogP contribution in [0.15, 0.2) is 35.3 Å². The zero-order valence-electron chi connectivity index (χ0n) is 9.72. The third-order valence-electron chi connectivity index (χ3n) is 2.24. The second kappa shape index (κ2) is 6.77. The quantitative estimate of drug-likeness (QED) is 0.563. The van der Waals surface area contributed by atoms with E-state index in [0.717, 1.165) is 18.4 Å². The topological polar surface area (TPSA) is 38.7 Å². The minimum Gasteiger partial charge on any atom is -0.467 e. The molecule has 0 fully saturated rings. The largest absolute Gasteiger partial charge is 0.467 e. The van der Waals surface area contributed by atoms with E-state index in [-0.39, 0.29) is 12.0 Å². The highest BCUT2D eigenvalue weighted by Gasteiger charge is 2.15. The van der Waals surface area contributed by atoms with Gasteiger partial charge in [0.2, 0.25) is 0 Å². The summed E-state index contributed by atoms with van der Waals surface area (Å²) in [7, 11) is 1.39. The highest BCUT2D eigenvalue weighted by Crippen LogP contribution is 2.04. The molecule has 1 atom stereocenters. The molecule has 0 saturated heterocycles. The molecule has 0 amide bonds. The molecule has 0 N–H and O–H groups in total. The van der Waals surface area contributed by atoms with Crippen molar-refractivity contribution in [2.45, 2.75) is 25.8 Å². The normalized spacial score (nSPS) is 12.6. The van der Waals surface area contributed by atoms with E-state index in [1.807, 2.05) is 37.3 Å². The fourth-order valence-electron chi connectivity index (χ4n) is 1.38. The van der Waals surface area contributed by atoms with Crippen molar-refractivity contribution in [2.24, 2.45) is 4.99 Å². The molecule has 86 valence electrons. The van der Waals surface area contributed by atoms with Crippen molar-refractivity contribution < 1.29 is 9.53 Å². The molecule has 1 aromatic rings. The zero-order chi connectivity index (χ0) is 11.8. The van der Waals surface area contributed by atoms with Gasteiger partial charge in [0.1, 0.15) is 6.04 Å². The standard InChI is InChI=1S/C13H17NO2/c1-3-7-12(13(15)16-2)14-10-11-8-5-4-6-9-11/h4-6,8-10,12H,3,7H2,1-2H3. The lowest BCUT2D eigenvalue weighted by atomic mass is 10.2. The van der Waals surface area contributed by atoms with Gasteiger partial charge < -0.3 is 4.74 Å². The Morgan fingerprint density at radius 2 is 2.12 bits per heavy atom. The number of carbonyl (C=O) groups is 1. The van der Waals surface area contributed by atoms with Crippen molar-refractivity contribution in [3.8, 4) is 0 Å². The smallest absolute Gasteiger partial charge is 0.330 e. The lowest BCUT2D eigenvalue weighted by Gasteiger charge is -2.07. The number of ether oxygens (including phenoxy) is 1. The molecule has 1 aromatic carbocycles. The molecular weight excluding hydrogens is 202 g/mol. The first-order valence-electron chi connectivity index (χ1n) is 5.44. The van der Waals surface area contributed by atoms with Crippen molar-refractivity contribution in [2.75, 3.05) is 7.11 Å². The van der Waals surface area contributed by atoms with Gasteiger partial charge in [-0.25, -0.2) is 4.79 Å². The fraction of sp³-hybridized carbons (Fsp3) is 0.385. The van der Waals surface area contributed by atoms with E-state index in [0.29, 0.717) is 0 Å². The lowest BCUT2D eigenvalue weighted by Crippen LogP contribution is -2.20. The maximum atomic E-state index is 11.4. The van der Waals surface area contributed by atoms with Crippen molar-refractivity contribution in [1.82, 2.24) is 0 Å². The molecule has 0 radical (unpaired) electrons. The average Bonchev–Trinajstić information content (AvgIpc) is 2.34. The Hall–Kier alpha value is -1.64. The van der Waals surface area contributed by atoms with Gasteiger partial charge in [0.25, 0.3) is 0 Å². The third-order valence-corrected chi connectivity index (χ3v) is 2.24. The van der Waals surface area contributed by atoms with Gasteiger partial charge in [0, 0.05) is 6.21 Å². The molecule has 0 aliphatic rings. The van der Waals surface area contributed by atoms with E-state index in [1.165, 1.54) is 7.11 Å². The van der Waals surface area contributed by atoms with Gasteiger partial charge in [-0.05, 0) is 12.0 Å². The summed E-state index contributed by atoms with van der Waals surface area (Å²) < 4.78 is 4.70. The number of nitrogens with zero attached hydrogens (tertiary/aromatic N) is 1. The maximum absolute atomic E-state index is 11.4. The average molecular weight is 219 g/mol. The van der Waals surface area contributed by atoms with Crippen LogP contribution in [-0.2, 0) is 9.53 Å². The van der Waals surface area contributed by atoms with Crippen LogP contribution in [0, 0.1) is 0 Å². The third kappa shape index (κ3) is 3.85. The SMILES string of the molecule is CCCC(N=Cc1ccccc1)C(=O)OC. The first-order chi connectivity index (χ1) is 7.77. The van der Waals surface area contributed by atoms with E-state index < -0.39 is 0 Å². The monoisotopic (exact) mass is 219 g/mol. The van der Waals surface area contributed by atoms with Crippen LogP contribution in [0.4, 0.5) is 0 Å². The van der Waals surface area contributed by atoms with Crippen LogP contribution in [0.5, 0.6) is 0 Å². The van der Waals surface area contributed by atoms with Crippen molar-refractivity contribution >= 4 is 12.2 Å². The van der Waals surface area contributed by atoms with Gasteiger partial charge in [-0.2, -0.15) is 0 Å². The highest BCUT2D eigenvalue weighted by molar-refractivity contribution is 5.83. The molecule has 0 spiro atoms. The Bertz CT molecular complexity index is 346. The molecule has 0 aromatic heterocycles. The summed E-state index contributed by atoms with van der Waals surface area (Å²) in [5.74, 6) is -0.269. The number of esters is 1. The summed E-state index contributed by atoms with van der Waals surface area (Å²) in [6, 6.07) is 9.34. The van der Waals surface area contributed by atoms with Crippen molar-refractivity contribution in [3.05, 3.63) is 35.9 Å². The Morgan fingerprint density at radius 1 is 1.44 bits per heavy atom. The predicted octanol–water partition coefficient (Wildman–Crippen LogP) is 2.45. The summed E-state index contributed by atoms with van der Waals surface area (Å²) in [5.41, 5.74) is 0.993. The van der Waals surface area contributed by atoms with E-state index >= 15 is 0 Å². The summed E-state index contributed by atoms with van der Waals surface area (Å²) in [6.45, 7) is 2.02. The van der Waals surface area contributed by atoms with Crippen LogP contribution >= 0.6 is 0 Å². The van der Waals surface area contributed by atoms with Crippen LogP contribution < -0.4 is 0 Å². The first kappa shape index (κ1) is 12.4. The number of carbonyl (C=O) groups excluding carboxylic acids is 1. The molecule has 0 aliphatic carbocycles. The second-order valence-electron chi connectivity index (χ2n) is 3.52. The Labute approximate surface area is 96.2 Å². The van der Waals surface area contributed by atoms with Gasteiger partial charge in [0.05, 0.1) is 7.11 Å². The molecule has 16 heavy (non-hydrogen) atoms. The Balaban J connectivity index is 2.68. The van der Waals surface area contributed by atoms with Crippen molar-refractivity contribution in [3.63, 3.8) is 0 Å². The van der Waals surface area contributed by atoms with E-state index in [2.05, 4.69) is 4.99 Å².